The first kappa shape index (κ1) is 18.2. The van der Waals surface area contributed by atoms with Crippen LogP contribution in [0, 0.1) is 11.8 Å². The second-order valence-corrected chi connectivity index (χ2v) is 6.11. The summed E-state index contributed by atoms with van der Waals surface area (Å²) in [7, 11) is 0. The molecule has 1 aliphatic heterocycles. The second kappa shape index (κ2) is 7.99. The zero-order valence-electron chi connectivity index (χ0n) is 13.0. The highest BCUT2D eigenvalue weighted by atomic mass is 35.5. The second-order valence-electron chi connectivity index (χ2n) is 6.11. The summed E-state index contributed by atoms with van der Waals surface area (Å²) >= 11 is 0. The highest BCUT2D eigenvalue weighted by Crippen LogP contribution is 2.32. The van der Waals surface area contributed by atoms with Gasteiger partial charge in [0, 0.05) is 31.6 Å². The number of carbonyl (C=O) groups excluding carboxylic acids is 2. The summed E-state index contributed by atoms with van der Waals surface area (Å²) in [5, 5.41) is 3.04. The van der Waals surface area contributed by atoms with E-state index in [1.165, 1.54) is 0 Å². The molecule has 2 rings (SSSR count). The normalized spacial score (nSPS) is 23.1. The lowest BCUT2D eigenvalue weighted by atomic mass is 10.1. The predicted octanol–water partition coefficient (Wildman–Crippen LogP) is 1.30. The van der Waals surface area contributed by atoms with Crippen LogP contribution in [0.3, 0.4) is 0 Å². The van der Waals surface area contributed by atoms with Crippen molar-refractivity contribution in [2.45, 2.75) is 58.0 Å². The van der Waals surface area contributed by atoms with Gasteiger partial charge in [-0.15, -0.1) is 12.4 Å². The number of hydrogen-bond donors (Lipinski definition) is 2. The molecule has 6 heteroatoms. The van der Waals surface area contributed by atoms with Crippen LogP contribution in [0.1, 0.15) is 46.0 Å². The Kier molecular flexibility index (Phi) is 6.94. The summed E-state index contributed by atoms with van der Waals surface area (Å²) in [5.74, 6) is 0.482. The van der Waals surface area contributed by atoms with Crippen molar-refractivity contribution in [1.82, 2.24) is 10.2 Å². The fourth-order valence-corrected chi connectivity index (χ4v) is 3.16. The van der Waals surface area contributed by atoms with E-state index in [1.807, 2.05) is 4.90 Å². The third-order valence-corrected chi connectivity index (χ3v) is 4.69. The van der Waals surface area contributed by atoms with Crippen LogP contribution in [-0.4, -0.2) is 41.9 Å². The molecular formula is C15H28ClN3O2. The molecule has 2 unspecified atom stereocenters. The molecule has 0 aromatic heterocycles. The minimum Gasteiger partial charge on any atom is -0.352 e. The van der Waals surface area contributed by atoms with Gasteiger partial charge in [0.2, 0.25) is 11.8 Å². The Morgan fingerprint density at radius 1 is 1.38 bits per heavy atom. The van der Waals surface area contributed by atoms with Gasteiger partial charge in [0.15, 0.2) is 0 Å². The minimum absolute atomic E-state index is 0. The Morgan fingerprint density at radius 3 is 2.48 bits per heavy atom. The maximum atomic E-state index is 12.3. The van der Waals surface area contributed by atoms with Gasteiger partial charge in [-0.3, -0.25) is 9.59 Å². The molecule has 21 heavy (non-hydrogen) atoms. The Morgan fingerprint density at radius 2 is 2.00 bits per heavy atom. The van der Waals surface area contributed by atoms with Crippen molar-refractivity contribution in [3.05, 3.63) is 0 Å². The van der Waals surface area contributed by atoms with Gasteiger partial charge in [-0.05, 0) is 31.6 Å². The van der Waals surface area contributed by atoms with Crippen LogP contribution in [0.25, 0.3) is 0 Å². The highest BCUT2D eigenvalue weighted by molar-refractivity contribution is 5.89. The third kappa shape index (κ3) is 4.33. The molecule has 2 amide bonds. The van der Waals surface area contributed by atoms with E-state index in [1.54, 1.807) is 0 Å². The van der Waals surface area contributed by atoms with E-state index in [0.29, 0.717) is 25.4 Å². The maximum Gasteiger partial charge on any atom is 0.225 e. The lowest BCUT2D eigenvalue weighted by Gasteiger charge is -2.26. The first-order valence-corrected chi connectivity index (χ1v) is 7.90. The van der Waals surface area contributed by atoms with Gasteiger partial charge < -0.3 is 16.0 Å². The topological polar surface area (TPSA) is 75.4 Å². The van der Waals surface area contributed by atoms with E-state index in [-0.39, 0.29) is 42.2 Å². The van der Waals surface area contributed by atoms with E-state index < -0.39 is 0 Å². The summed E-state index contributed by atoms with van der Waals surface area (Å²) in [5.41, 5.74) is 5.71. The minimum atomic E-state index is -0.198. The number of likely N-dealkylation sites (tertiary alicyclic amines) is 1. The summed E-state index contributed by atoms with van der Waals surface area (Å²) in [6.07, 6.45) is 4.57. The van der Waals surface area contributed by atoms with Crippen molar-refractivity contribution in [3.8, 4) is 0 Å². The standard InChI is InChI=1S/C15H27N3O2.ClH/c1-3-12(4-2)18-9-11(7-14(18)19)15(20)17-13(8-16)10-5-6-10;/h10-13H,3-9,16H2,1-2H3,(H,17,20);1H. The van der Waals surface area contributed by atoms with Crippen molar-refractivity contribution in [2.24, 2.45) is 17.6 Å². The van der Waals surface area contributed by atoms with Gasteiger partial charge in [-0.2, -0.15) is 0 Å². The zero-order valence-corrected chi connectivity index (χ0v) is 13.8. The summed E-state index contributed by atoms with van der Waals surface area (Å²) in [6, 6.07) is 0.369. The van der Waals surface area contributed by atoms with Gasteiger partial charge >= 0.3 is 0 Å². The number of halogens is 1. The van der Waals surface area contributed by atoms with E-state index in [4.69, 9.17) is 5.73 Å². The molecular weight excluding hydrogens is 290 g/mol. The van der Waals surface area contributed by atoms with Crippen LogP contribution in [0.4, 0.5) is 0 Å². The average molecular weight is 318 g/mol. The molecule has 1 aliphatic carbocycles. The molecule has 0 aromatic rings. The quantitative estimate of drug-likeness (QED) is 0.743. The molecule has 1 saturated heterocycles. The fraction of sp³-hybridized carbons (Fsp3) is 0.867. The molecule has 122 valence electrons. The Hall–Kier alpha value is -0.810. The SMILES string of the molecule is CCC(CC)N1CC(C(=O)NC(CN)C2CC2)CC1=O.Cl. The molecule has 2 atom stereocenters. The van der Waals surface area contributed by atoms with Crippen molar-refractivity contribution in [3.63, 3.8) is 0 Å². The maximum absolute atomic E-state index is 12.3. The molecule has 5 nitrogen and oxygen atoms in total. The summed E-state index contributed by atoms with van der Waals surface area (Å²) < 4.78 is 0. The number of nitrogens with one attached hydrogen (secondary N) is 1. The van der Waals surface area contributed by atoms with Crippen molar-refractivity contribution < 1.29 is 9.59 Å². The number of amides is 2. The number of nitrogens with zero attached hydrogens (tertiary/aromatic N) is 1. The van der Waals surface area contributed by atoms with E-state index >= 15 is 0 Å². The largest absolute Gasteiger partial charge is 0.352 e. The summed E-state index contributed by atoms with van der Waals surface area (Å²) in [4.78, 5) is 26.3. The molecule has 2 aliphatic rings. The van der Waals surface area contributed by atoms with Crippen molar-refractivity contribution in [2.75, 3.05) is 13.1 Å². The van der Waals surface area contributed by atoms with Crippen LogP contribution in [0.2, 0.25) is 0 Å². The van der Waals surface area contributed by atoms with Gasteiger partial charge in [0.1, 0.15) is 0 Å². The van der Waals surface area contributed by atoms with Gasteiger partial charge in [0.25, 0.3) is 0 Å². The summed E-state index contributed by atoms with van der Waals surface area (Å²) in [6.45, 7) is 5.24. The molecule has 0 spiro atoms. The highest BCUT2D eigenvalue weighted by Gasteiger charge is 2.39. The van der Waals surface area contributed by atoms with Gasteiger partial charge in [0.05, 0.1) is 5.92 Å². The zero-order chi connectivity index (χ0) is 14.7. The van der Waals surface area contributed by atoms with Crippen LogP contribution >= 0.6 is 12.4 Å². The molecule has 0 radical (unpaired) electrons. The number of carbonyl (C=O) groups is 2. The van der Waals surface area contributed by atoms with E-state index in [2.05, 4.69) is 19.2 Å². The molecule has 0 aromatic carbocycles. The monoisotopic (exact) mass is 317 g/mol. The third-order valence-electron chi connectivity index (χ3n) is 4.69. The lowest BCUT2D eigenvalue weighted by molar-refractivity contribution is -0.130. The first-order chi connectivity index (χ1) is 9.60. The fourth-order valence-electron chi connectivity index (χ4n) is 3.16. The number of hydrogen-bond acceptors (Lipinski definition) is 3. The van der Waals surface area contributed by atoms with Crippen LogP contribution in [0.15, 0.2) is 0 Å². The lowest BCUT2D eigenvalue weighted by Crippen LogP contribution is -2.45. The van der Waals surface area contributed by atoms with Gasteiger partial charge in [-0.1, -0.05) is 13.8 Å². The first-order valence-electron chi connectivity index (χ1n) is 7.90. The number of nitrogens with two attached hydrogens (primary N) is 1. The molecule has 1 saturated carbocycles. The molecule has 1 heterocycles. The average Bonchev–Trinajstić information content (AvgIpc) is 3.21. The molecule has 0 bridgehead atoms. The predicted molar refractivity (Wildman–Crippen MR) is 85.1 cm³/mol. The smallest absolute Gasteiger partial charge is 0.225 e. The van der Waals surface area contributed by atoms with E-state index in [9.17, 15) is 9.59 Å². The number of rotatable bonds is 7. The van der Waals surface area contributed by atoms with Crippen LogP contribution < -0.4 is 11.1 Å². The van der Waals surface area contributed by atoms with Gasteiger partial charge in [-0.25, -0.2) is 0 Å². The Bertz CT molecular complexity index is 370. The molecule has 3 N–H and O–H groups in total. The molecule has 2 fully saturated rings. The Balaban J connectivity index is 0.00000220. The van der Waals surface area contributed by atoms with Crippen LogP contribution in [-0.2, 0) is 9.59 Å². The van der Waals surface area contributed by atoms with Crippen molar-refractivity contribution in [1.29, 1.82) is 0 Å². The van der Waals surface area contributed by atoms with Crippen molar-refractivity contribution >= 4 is 24.2 Å². The van der Waals surface area contributed by atoms with Crippen LogP contribution in [0.5, 0.6) is 0 Å². The Labute approximate surface area is 133 Å². The van der Waals surface area contributed by atoms with E-state index in [0.717, 1.165) is 25.7 Å².